The zero-order chi connectivity index (χ0) is 13.5. The Labute approximate surface area is 115 Å². The van der Waals surface area contributed by atoms with Gasteiger partial charge in [-0.25, -0.2) is 8.42 Å². The first kappa shape index (κ1) is 13.8. The zero-order valence-electron chi connectivity index (χ0n) is 11.6. The second kappa shape index (κ2) is 5.31. The first-order chi connectivity index (χ1) is 9.06. The maximum absolute atomic E-state index is 12.6. The lowest BCUT2D eigenvalue weighted by atomic mass is 10.1. The average molecular weight is 288 g/mol. The Balaban J connectivity index is 1.69. The molecule has 3 aliphatic rings. The van der Waals surface area contributed by atoms with Crippen molar-refractivity contribution in [2.75, 3.05) is 32.0 Å². The number of hydrogen-bond donors (Lipinski definition) is 0. The Kier molecular flexibility index (Phi) is 3.86. The lowest BCUT2D eigenvalue weighted by Gasteiger charge is -2.41. The molecule has 0 bridgehead atoms. The van der Waals surface area contributed by atoms with E-state index in [1.165, 1.54) is 6.42 Å². The predicted octanol–water partition coefficient (Wildman–Crippen LogP) is 0.664. The molecule has 0 aromatic carbocycles. The number of piperazine rings is 1. The van der Waals surface area contributed by atoms with Crippen molar-refractivity contribution in [2.45, 2.75) is 50.8 Å². The van der Waals surface area contributed by atoms with Crippen LogP contribution in [-0.4, -0.2) is 67.8 Å². The number of rotatable bonds is 3. The van der Waals surface area contributed by atoms with E-state index in [0.717, 1.165) is 32.4 Å². The Morgan fingerprint density at radius 2 is 2.05 bits per heavy atom. The van der Waals surface area contributed by atoms with Crippen LogP contribution >= 0.6 is 0 Å². The monoisotopic (exact) mass is 288 g/mol. The summed E-state index contributed by atoms with van der Waals surface area (Å²) in [7, 11) is -3.17. The van der Waals surface area contributed by atoms with E-state index in [1.807, 2.05) is 6.92 Å². The predicted molar refractivity (Wildman–Crippen MR) is 73.5 cm³/mol. The van der Waals surface area contributed by atoms with E-state index in [-0.39, 0.29) is 17.9 Å². The molecule has 6 heteroatoms. The number of fused-ring (bicyclic) bond motifs is 1. The second-order valence-corrected chi connectivity index (χ2v) is 8.09. The Bertz CT molecular complexity index is 420. The van der Waals surface area contributed by atoms with Crippen molar-refractivity contribution in [3.05, 3.63) is 0 Å². The van der Waals surface area contributed by atoms with Gasteiger partial charge in [-0.3, -0.25) is 4.90 Å². The third kappa shape index (κ3) is 2.82. The van der Waals surface area contributed by atoms with Gasteiger partial charge < -0.3 is 4.74 Å². The van der Waals surface area contributed by atoms with Gasteiger partial charge in [-0.05, 0) is 39.2 Å². The molecule has 19 heavy (non-hydrogen) atoms. The fraction of sp³-hybridized carbons (Fsp3) is 1.00. The molecule has 0 unspecified atom stereocenters. The molecule has 0 amide bonds. The van der Waals surface area contributed by atoms with E-state index in [9.17, 15) is 8.42 Å². The number of ether oxygens (including phenoxy) is 1. The minimum atomic E-state index is -3.17. The van der Waals surface area contributed by atoms with Gasteiger partial charge in [-0.1, -0.05) is 0 Å². The van der Waals surface area contributed by atoms with E-state index in [0.29, 0.717) is 19.2 Å². The van der Waals surface area contributed by atoms with Crippen LogP contribution in [0.15, 0.2) is 0 Å². The Morgan fingerprint density at radius 3 is 2.79 bits per heavy atom. The van der Waals surface area contributed by atoms with E-state index < -0.39 is 10.0 Å². The quantitative estimate of drug-likeness (QED) is 0.766. The van der Waals surface area contributed by atoms with Gasteiger partial charge >= 0.3 is 0 Å². The molecule has 3 rings (SSSR count). The summed E-state index contributed by atoms with van der Waals surface area (Å²) >= 11 is 0. The topological polar surface area (TPSA) is 49.9 Å². The van der Waals surface area contributed by atoms with Gasteiger partial charge in [0, 0.05) is 31.8 Å². The highest BCUT2D eigenvalue weighted by molar-refractivity contribution is 7.89. The van der Waals surface area contributed by atoms with Crippen molar-refractivity contribution in [1.82, 2.24) is 9.21 Å². The minimum Gasteiger partial charge on any atom is -0.377 e. The Hall–Kier alpha value is -0.170. The van der Waals surface area contributed by atoms with Crippen LogP contribution in [0, 0.1) is 0 Å². The van der Waals surface area contributed by atoms with Crippen molar-refractivity contribution in [3.8, 4) is 0 Å². The van der Waals surface area contributed by atoms with Crippen molar-refractivity contribution < 1.29 is 13.2 Å². The molecule has 0 aromatic heterocycles. The number of hydrogen-bond acceptors (Lipinski definition) is 4. The van der Waals surface area contributed by atoms with Gasteiger partial charge in [0.2, 0.25) is 10.0 Å². The SMILES string of the molecule is C[C@@H]1CN2CCC[C@@H]2CN1S(=O)(=O)C[C@@H]1CCCO1. The normalized spacial score (nSPS) is 37.6. The molecule has 0 radical (unpaired) electrons. The smallest absolute Gasteiger partial charge is 0.217 e. The van der Waals surface area contributed by atoms with E-state index in [1.54, 1.807) is 4.31 Å². The molecule has 3 fully saturated rings. The summed E-state index contributed by atoms with van der Waals surface area (Å²) in [6, 6.07) is 0.538. The lowest BCUT2D eigenvalue weighted by molar-refractivity contribution is 0.109. The highest BCUT2D eigenvalue weighted by atomic mass is 32.2. The van der Waals surface area contributed by atoms with Crippen LogP contribution in [0.25, 0.3) is 0 Å². The molecular formula is C13H24N2O3S. The number of nitrogens with zero attached hydrogens (tertiary/aromatic N) is 2. The molecule has 0 saturated carbocycles. The first-order valence-corrected chi connectivity index (χ1v) is 9.02. The van der Waals surface area contributed by atoms with Crippen LogP contribution in [0.4, 0.5) is 0 Å². The van der Waals surface area contributed by atoms with Gasteiger partial charge in [-0.15, -0.1) is 0 Å². The molecule has 5 nitrogen and oxygen atoms in total. The summed E-state index contributed by atoms with van der Waals surface area (Å²) in [5.41, 5.74) is 0. The zero-order valence-corrected chi connectivity index (χ0v) is 12.4. The van der Waals surface area contributed by atoms with Gasteiger partial charge in [0.25, 0.3) is 0 Å². The molecule has 3 saturated heterocycles. The molecule has 0 N–H and O–H groups in total. The Morgan fingerprint density at radius 1 is 1.21 bits per heavy atom. The summed E-state index contributed by atoms with van der Waals surface area (Å²) in [6.07, 6.45) is 4.14. The summed E-state index contributed by atoms with van der Waals surface area (Å²) in [5, 5.41) is 0. The molecule has 3 atom stereocenters. The fourth-order valence-corrected chi connectivity index (χ4v) is 5.59. The van der Waals surface area contributed by atoms with Crippen molar-refractivity contribution >= 4 is 10.0 Å². The molecule has 0 spiro atoms. The highest BCUT2D eigenvalue weighted by Crippen LogP contribution is 2.27. The molecule has 0 aromatic rings. The van der Waals surface area contributed by atoms with Crippen LogP contribution in [0.2, 0.25) is 0 Å². The van der Waals surface area contributed by atoms with Crippen LogP contribution in [0.5, 0.6) is 0 Å². The maximum atomic E-state index is 12.6. The third-order valence-corrected chi connectivity index (χ3v) is 6.67. The van der Waals surface area contributed by atoms with Gasteiger partial charge in [-0.2, -0.15) is 4.31 Å². The van der Waals surface area contributed by atoms with Crippen molar-refractivity contribution in [3.63, 3.8) is 0 Å². The summed E-state index contributed by atoms with van der Waals surface area (Å²) < 4.78 is 32.4. The second-order valence-electron chi connectivity index (χ2n) is 6.12. The maximum Gasteiger partial charge on any atom is 0.217 e. The summed E-state index contributed by atoms with van der Waals surface area (Å²) in [6.45, 7) is 5.44. The van der Waals surface area contributed by atoms with Crippen molar-refractivity contribution in [1.29, 1.82) is 0 Å². The van der Waals surface area contributed by atoms with E-state index in [4.69, 9.17) is 4.74 Å². The minimum absolute atomic E-state index is 0.0844. The summed E-state index contributed by atoms with van der Waals surface area (Å²) in [4.78, 5) is 2.45. The first-order valence-electron chi connectivity index (χ1n) is 7.41. The van der Waals surface area contributed by atoms with E-state index >= 15 is 0 Å². The molecule has 0 aliphatic carbocycles. The van der Waals surface area contributed by atoms with Gasteiger partial charge in [0.05, 0.1) is 11.9 Å². The van der Waals surface area contributed by atoms with Crippen molar-refractivity contribution in [2.24, 2.45) is 0 Å². The molecule has 110 valence electrons. The molecule has 3 heterocycles. The molecular weight excluding hydrogens is 264 g/mol. The molecule has 3 aliphatic heterocycles. The van der Waals surface area contributed by atoms with Crippen LogP contribution in [0.1, 0.15) is 32.6 Å². The highest BCUT2D eigenvalue weighted by Gasteiger charge is 2.40. The number of sulfonamides is 1. The largest absolute Gasteiger partial charge is 0.377 e. The average Bonchev–Trinajstić information content (AvgIpc) is 2.97. The van der Waals surface area contributed by atoms with E-state index in [2.05, 4.69) is 4.90 Å². The summed E-state index contributed by atoms with van der Waals surface area (Å²) in [5.74, 6) is 0.171. The van der Waals surface area contributed by atoms with Gasteiger partial charge in [0.1, 0.15) is 0 Å². The van der Waals surface area contributed by atoms with Crippen LogP contribution < -0.4 is 0 Å². The van der Waals surface area contributed by atoms with Crippen LogP contribution in [0.3, 0.4) is 0 Å². The van der Waals surface area contributed by atoms with Gasteiger partial charge in [0.15, 0.2) is 0 Å². The fourth-order valence-electron chi connectivity index (χ4n) is 3.65. The standard InChI is InChI=1S/C13H24N2O3S/c1-11-8-14-6-2-4-12(14)9-15(11)19(16,17)10-13-5-3-7-18-13/h11-13H,2-10H2,1H3/t11-,12-,13+/m1/s1. The third-order valence-electron chi connectivity index (χ3n) is 4.66. The lowest BCUT2D eigenvalue weighted by Crippen LogP contribution is -2.57. The van der Waals surface area contributed by atoms with Crippen LogP contribution in [-0.2, 0) is 14.8 Å².